The van der Waals surface area contributed by atoms with E-state index < -0.39 is 0 Å². The fourth-order valence-corrected chi connectivity index (χ4v) is 2.85. The molecule has 0 saturated carbocycles. The predicted octanol–water partition coefficient (Wildman–Crippen LogP) is 2.77. The van der Waals surface area contributed by atoms with E-state index in [0.29, 0.717) is 18.2 Å². The summed E-state index contributed by atoms with van der Waals surface area (Å²) in [5, 5.41) is 4.44. The molecular formula is C14H18ClN5O. The zero-order chi connectivity index (χ0) is 15.1. The summed E-state index contributed by atoms with van der Waals surface area (Å²) in [7, 11) is 1.92. The van der Waals surface area contributed by atoms with E-state index in [4.69, 9.17) is 21.0 Å². The fourth-order valence-electron chi connectivity index (χ4n) is 2.68. The number of fused-ring (bicyclic) bond motifs is 1. The Labute approximate surface area is 127 Å². The number of nitrogens with zero attached hydrogens (tertiary/aromatic N) is 5. The smallest absolute Gasteiger partial charge is 0.217 e. The molecule has 0 saturated heterocycles. The highest BCUT2D eigenvalue weighted by molar-refractivity contribution is 6.17. The normalized spacial score (nSPS) is 13.2. The van der Waals surface area contributed by atoms with Crippen LogP contribution in [-0.2, 0) is 13.5 Å². The molecule has 3 aromatic heterocycles. The van der Waals surface area contributed by atoms with Crippen LogP contribution < -0.4 is 0 Å². The Morgan fingerprint density at radius 3 is 2.76 bits per heavy atom. The van der Waals surface area contributed by atoms with Crippen LogP contribution in [0.2, 0.25) is 0 Å². The van der Waals surface area contributed by atoms with Gasteiger partial charge in [0.2, 0.25) is 5.89 Å². The number of aromatic nitrogens is 5. The highest BCUT2D eigenvalue weighted by Crippen LogP contribution is 2.27. The van der Waals surface area contributed by atoms with Gasteiger partial charge in [-0.1, -0.05) is 0 Å². The van der Waals surface area contributed by atoms with Gasteiger partial charge >= 0.3 is 0 Å². The molecule has 0 spiro atoms. The van der Waals surface area contributed by atoms with Crippen molar-refractivity contribution in [3.8, 4) is 0 Å². The number of oxazole rings is 1. The number of hydrogen-bond donors (Lipinski definition) is 0. The van der Waals surface area contributed by atoms with Gasteiger partial charge in [-0.3, -0.25) is 4.68 Å². The average Bonchev–Trinajstić information content (AvgIpc) is 3.08. The average molecular weight is 308 g/mol. The largest absolute Gasteiger partial charge is 0.444 e. The molecule has 6 nitrogen and oxygen atoms in total. The molecule has 0 radical (unpaired) electrons. The van der Waals surface area contributed by atoms with E-state index in [2.05, 4.69) is 14.6 Å². The molecular weight excluding hydrogens is 290 g/mol. The Balaban J connectivity index is 2.20. The standard InChI is InChI=1S/C14H18ClN5O/c1-8-7-16-13(21-8)10(3)20-11(5-6-15)17-12-9(2)18-19(4)14(12)20/h7,10H,5-6H2,1-4H3. The van der Waals surface area contributed by atoms with E-state index in [1.54, 1.807) is 6.20 Å². The summed E-state index contributed by atoms with van der Waals surface area (Å²) in [6, 6.07) is -0.0586. The summed E-state index contributed by atoms with van der Waals surface area (Å²) in [5.41, 5.74) is 2.79. The Kier molecular flexibility index (Phi) is 3.49. The number of hydrogen-bond acceptors (Lipinski definition) is 4. The van der Waals surface area contributed by atoms with Gasteiger partial charge in [-0.05, 0) is 20.8 Å². The number of imidazole rings is 1. The molecule has 3 rings (SSSR count). The maximum absolute atomic E-state index is 5.92. The zero-order valence-electron chi connectivity index (χ0n) is 12.6. The molecule has 7 heteroatoms. The van der Waals surface area contributed by atoms with Crippen LogP contribution in [0.4, 0.5) is 0 Å². The molecule has 0 N–H and O–H groups in total. The predicted molar refractivity (Wildman–Crippen MR) is 80.7 cm³/mol. The topological polar surface area (TPSA) is 61.7 Å². The third-order valence-corrected chi connectivity index (χ3v) is 3.80. The van der Waals surface area contributed by atoms with E-state index in [-0.39, 0.29) is 6.04 Å². The molecule has 1 unspecified atom stereocenters. The van der Waals surface area contributed by atoms with Gasteiger partial charge in [-0.25, -0.2) is 9.97 Å². The van der Waals surface area contributed by atoms with Crippen LogP contribution in [-0.4, -0.2) is 30.2 Å². The molecule has 0 amide bonds. The van der Waals surface area contributed by atoms with Crippen LogP contribution in [0, 0.1) is 13.8 Å². The highest BCUT2D eigenvalue weighted by atomic mass is 35.5. The second kappa shape index (κ2) is 5.18. The summed E-state index contributed by atoms with van der Waals surface area (Å²) in [6.07, 6.45) is 2.43. The van der Waals surface area contributed by atoms with Crippen LogP contribution in [0.15, 0.2) is 10.6 Å². The molecule has 0 aliphatic rings. The highest BCUT2D eigenvalue weighted by Gasteiger charge is 2.24. The van der Waals surface area contributed by atoms with Crippen molar-refractivity contribution in [1.82, 2.24) is 24.3 Å². The van der Waals surface area contributed by atoms with Crippen molar-refractivity contribution in [3.63, 3.8) is 0 Å². The first-order valence-electron chi connectivity index (χ1n) is 6.91. The van der Waals surface area contributed by atoms with E-state index in [9.17, 15) is 0 Å². The number of alkyl halides is 1. The quantitative estimate of drug-likeness (QED) is 0.695. The van der Waals surface area contributed by atoms with E-state index in [1.807, 2.05) is 32.5 Å². The van der Waals surface area contributed by atoms with E-state index in [0.717, 1.165) is 28.4 Å². The van der Waals surface area contributed by atoms with Crippen molar-refractivity contribution in [2.45, 2.75) is 33.2 Å². The molecule has 0 fully saturated rings. The van der Waals surface area contributed by atoms with Crippen molar-refractivity contribution in [1.29, 1.82) is 0 Å². The van der Waals surface area contributed by atoms with Gasteiger partial charge in [0.25, 0.3) is 0 Å². The Morgan fingerprint density at radius 2 is 2.14 bits per heavy atom. The summed E-state index contributed by atoms with van der Waals surface area (Å²) < 4.78 is 9.64. The minimum absolute atomic E-state index is 0.0586. The van der Waals surface area contributed by atoms with Crippen molar-refractivity contribution in [2.24, 2.45) is 7.05 Å². The van der Waals surface area contributed by atoms with Gasteiger partial charge in [0.1, 0.15) is 23.1 Å². The van der Waals surface area contributed by atoms with Crippen molar-refractivity contribution < 1.29 is 4.42 Å². The first kappa shape index (κ1) is 14.1. The van der Waals surface area contributed by atoms with Crippen LogP contribution in [0.5, 0.6) is 0 Å². The van der Waals surface area contributed by atoms with E-state index in [1.165, 1.54) is 0 Å². The molecule has 0 aliphatic heterocycles. The summed E-state index contributed by atoms with van der Waals surface area (Å²) >= 11 is 5.92. The monoisotopic (exact) mass is 307 g/mol. The molecule has 1 atom stereocenters. The fraction of sp³-hybridized carbons (Fsp3) is 0.500. The SMILES string of the molecule is Cc1cnc(C(C)n2c(CCCl)nc3c(C)nn(C)c32)o1. The van der Waals surface area contributed by atoms with Crippen LogP contribution in [0.3, 0.4) is 0 Å². The lowest BCUT2D eigenvalue weighted by Gasteiger charge is -2.14. The Bertz CT molecular complexity index is 785. The zero-order valence-corrected chi connectivity index (χ0v) is 13.3. The molecule has 0 aliphatic carbocycles. The van der Waals surface area contributed by atoms with Gasteiger partial charge in [-0.2, -0.15) is 5.10 Å². The number of halogens is 1. The molecule has 112 valence electrons. The number of rotatable bonds is 4. The first-order chi connectivity index (χ1) is 10.0. The third kappa shape index (κ3) is 2.23. The van der Waals surface area contributed by atoms with Gasteiger partial charge in [0, 0.05) is 19.3 Å². The lowest BCUT2D eigenvalue weighted by molar-refractivity contribution is 0.411. The van der Waals surface area contributed by atoms with Crippen molar-refractivity contribution in [2.75, 3.05) is 5.88 Å². The Hall–Kier alpha value is -1.82. The van der Waals surface area contributed by atoms with E-state index >= 15 is 0 Å². The minimum Gasteiger partial charge on any atom is -0.444 e. The van der Waals surface area contributed by atoms with Gasteiger partial charge in [0.05, 0.1) is 11.9 Å². The minimum atomic E-state index is -0.0586. The molecule has 0 bridgehead atoms. The van der Waals surface area contributed by atoms with Gasteiger partial charge in [0.15, 0.2) is 5.65 Å². The third-order valence-electron chi connectivity index (χ3n) is 3.61. The second-order valence-electron chi connectivity index (χ2n) is 5.20. The molecule has 3 heterocycles. The maximum Gasteiger partial charge on any atom is 0.217 e. The molecule has 3 aromatic rings. The van der Waals surface area contributed by atoms with Crippen LogP contribution >= 0.6 is 11.6 Å². The second-order valence-corrected chi connectivity index (χ2v) is 5.58. The lowest BCUT2D eigenvalue weighted by atomic mass is 10.3. The number of aryl methyl sites for hydroxylation is 4. The molecule has 0 aromatic carbocycles. The summed E-state index contributed by atoms with van der Waals surface area (Å²) in [6.45, 7) is 5.90. The van der Waals surface area contributed by atoms with Crippen LogP contribution in [0.25, 0.3) is 11.2 Å². The van der Waals surface area contributed by atoms with Crippen molar-refractivity contribution in [3.05, 3.63) is 29.4 Å². The Morgan fingerprint density at radius 1 is 1.38 bits per heavy atom. The lowest BCUT2D eigenvalue weighted by Crippen LogP contribution is -2.14. The maximum atomic E-state index is 5.92. The molecule has 21 heavy (non-hydrogen) atoms. The van der Waals surface area contributed by atoms with Crippen molar-refractivity contribution >= 4 is 22.8 Å². The summed E-state index contributed by atoms with van der Waals surface area (Å²) in [5.74, 6) is 2.92. The first-order valence-corrected chi connectivity index (χ1v) is 7.45. The van der Waals surface area contributed by atoms with Gasteiger partial charge in [-0.15, -0.1) is 11.6 Å². The summed E-state index contributed by atoms with van der Waals surface area (Å²) in [4.78, 5) is 9.04. The van der Waals surface area contributed by atoms with Crippen LogP contribution in [0.1, 0.15) is 36.1 Å². The van der Waals surface area contributed by atoms with Gasteiger partial charge < -0.3 is 8.98 Å².